The first kappa shape index (κ1) is 15.1. The molecule has 2 rings (SSSR count). The molecule has 20 heavy (non-hydrogen) atoms. The van der Waals surface area contributed by atoms with Crippen LogP contribution in [0.15, 0.2) is 17.0 Å². The zero-order valence-corrected chi connectivity index (χ0v) is 13.0. The van der Waals surface area contributed by atoms with E-state index in [1.807, 2.05) is 13.8 Å². The average molecular weight is 298 g/mol. The monoisotopic (exact) mass is 298 g/mol. The molecule has 0 radical (unpaired) electrons. The average Bonchev–Trinajstić information content (AvgIpc) is 2.36. The number of nitrogens with two attached hydrogens (primary N) is 1. The molecule has 1 aromatic rings. The molecule has 0 spiro atoms. The number of rotatable bonds is 5. The lowest BCUT2D eigenvalue weighted by Gasteiger charge is -2.41. The van der Waals surface area contributed by atoms with E-state index in [1.54, 1.807) is 6.07 Å². The Bertz CT molecular complexity index is 602. The highest BCUT2D eigenvalue weighted by atomic mass is 32.2. The molecule has 6 heteroatoms. The summed E-state index contributed by atoms with van der Waals surface area (Å²) in [5.74, 6) is 0.328. The smallest absolute Gasteiger partial charge is 0.244 e. The fourth-order valence-corrected chi connectivity index (χ4v) is 4.24. The molecule has 0 bridgehead atoms. The number of aryl methyl sites for hydroxylation is 1. The third-order valence-corrected chi connectivity index (χ3v) is 5.78. The van der Waals surface area contributed by atoms with Crippen molar-refractivity contribution in [1.29, 1.82) is 0 Å². The Morgan fingerprint density at radius 3 is 2.50 bits per heavy atom. The van der Waals surface area contributed by atoms with Crippen molar-refractivity contribution < 1.29 is 13.2 Å². The number of sulfonamides is 1. The van der Waals surface area contributed by atoms with E-state index in [9.17, 15) is 8.42 Å². The lowest BCUT2D eigenvalue weighted by atomic mass is 9.76. The van der Waals surface area contributed by atoms with E-state index < -0.39 is 10.0 Å². The maximum absolute atomic E-state index is 12.6. The number of hydrogen-bond donors (Lipinski definition) is 2. The number of anilines is 1. The van der Waals surface area contributed by atoms with Crippen molar-refractivity contribution in [1.82, 2.24) is 4.72 Å². The Kier molecular flexibility index (Phi) is 3.97. The Labute approximate surface area is 120 Å². The van der Waals surface area contributed by atoms with Crippen molar-refractivity contribution in [2.24, 2.45) is 0 Å². The van der Waals surface area contributed by atoms with Gasteiger partial charge in [-0.3, -0.25) is 0 Å². The molecule has 1 aliphatic carbocycles. The quantitative estimate of drug-likeness (QED) is 0.817. The third-order valence-electron chi connectivity index (χ3n) is 4.18. The molecule has 5 nitrogen and oxygen atoms in total. The van der Waals surface area contributed by atoms with Crippen LogP contribution in [0.5, 0.6) is 5.75 Å². The number of hydrogen-bond acceptors (Lipinski definition) is 4. The summed E-state index contributed by atoms with van der Waals surface area (Å²) < 4.78 is 33.2. The Hall–Kier alpha value is -1.27. The maximum Gasteiger partial charge on any atom is 0.244 e. The highest BCUT2D eigenvalue weighted by molar-refractivity contribution is 7.89. The Morgan fingerprint density at radius 1 is 1.40 bits per heavy atom. The van der Waals surface area contributed by atoms with Crippen LogP contribution in [0, 0.1) is 6.92 Å². The molecular weight excluding hydrogens is 276 g/mol. The molecule has 0 aromatic heterocycles. The van der Waals surface area contributed by atoms with Gasteiger partial charge in [0.25, 0.3) is 0 Å². The number of nitrogens with one attached hydrogen (secondary N) is 1. The molecule has 0 atom stereocenters. The second kappa shape index (κ2) is 5.26. The van der Waals surface area contributed by atoms with Crippen molar-refractivity contribution in [3.05, 3.63) is 17.7 Å². The van der Waals surface area contributed by atoms with Gasteiger partial charge in [-0.25, -0.2) is 13.1 Å². The van der Waals surface area contributed by atoms with Crippen LogP contribution in [0.1, 0.15) is 38.2 Å². The van der Waals surface area contributed by atoms with Crippen LogP contribution < -0.4 is 15.2 Å². The van der Waals surface area contributed by atoms with Gasteiger partial charge < -0.3 is 10.5 Å². The van der Waals surface area contributed by atoms with Gasteiger partial charge in [0.2, 0.25) is 10.0 Å². The summed E-state index contributed by atoms with van der Waals surface area (Å²) in [6, 6.07) is 3.13. The summed E-state index contributed by atoms with van der Waals surface area (Å²) in [7, 11) is -2.17. The summed E-state index contributed by atoms with van der Waals surface area (Å²) >= 11 is 0. The van der Waals surface area contributed by atoms with Crippen molar-refractivity contribution in [2.75, 3.05) is 12.8 Å². The SMILES string of the molecule is CCC1(NS(=O)(=O)c2cc(N)c(C)cc2OC)CCC1. The highest BCUT2D eigenvalue weighted by Crippen LogP contribution is 2.37. The highest BCUT2D eigenvalue weighted by Gasteiger charge is 2.39. The normalized spacial score (nSPS) is 17.6. The molecule has 1 saturated carbocycles. The van der Waals surface area contributed by atoms with E-state index >= 15 is 0 Å². The lowest BCUT2D eigenvalue weighted by Crippen LogP contribution is -2.52. The van der Waals surface area contributed by atoms with Crippen molar-refractivity contribution >= 4 is 15.7 Å². The molecule has 1 aromatic carbocycles. The molecular formula is C14H22N2O3S. The first-order valence-corrected chi connectivity index (χ1v) is 8.30. The van der Waals surface area contributed by atoms with Gasteiger partial charge in [-0.2, -0.15) is 0 Å². The third kappa shape index (κ3) is 2.62. The topological polar surface area (TPSA) is 81.4 Å². The van der Waals surface area contributed by atoms with Gasteiger partial charge in [-0.15, -0.1) is 0 Å². The van der Waals surface area contributed by atoms with E-state index in [1.165, 1.54) is 13.2 Å². The summed E-state index contributed by atoms with van der Waals surface area (Å²) in [4.78, 5) is 0.114. The summed E-state index contributed by atoms with van der Waals surface area (Å²) in [6.07, 6.45) is 3.61. The molecule has 1 aliphatic rings. The minimum absolute atomic E-state index is 0.114. The largest absolute Gasteiger partial charge is 0.495 e. The second-order valence-corrected chi connectivity index (χ2v) is 7.10. The van der Waals surface area contributed by atoms with Gasteiger partial charge in [0.15, 0.2) is 0 Å². The molecule has 0 heterocycles. The molecule has 0 aliphatic heterocycles. The summed E-state index contributed by atoms with van der Waals surface area (Å²) in [6.45, 7) is 3.82. The molecule has 112 valence electrons. The molecule has 3 N–H and O–H groups in total. The predicted molar refractivity (Wildman–Crippen MR) is 79.3 cm³/mol. The van der Waals surface area contributed by atoms with Gasteiger partial charge in [0, 0.05) is 11.2 Å². The number of ether oxygens (including phenoxy) is 1. The van der Waals surface area contributed by atoms with E-state index in [0.717, 1.165) is 31.2 Å². The van der Waals surface area contributed by atoms with Gasteiger partial charge in [-0.05, 0) is 50.3 Å². The van der Waals surface area contributed by atoms with Gasteiger partial charge in [-0.1, -0.05) is 6.92 Å². The zero-order valence-electron chi connectivity index (χ0n) is 12.2. The van der Waals surface area contributed by atoms with Crippen LogP contribution in [0.2, 0.25) is 0 Å². The van der Waals surface area contributed by atoms with E-state index in [2.05, 4.69) is 4.72 Å². The van der Waals surface area contributed by atoms with Crippen LogP contribution in [0.4, 0.5) is 5.69 Å². The van der Waals surface area contributed by atoms with Crippen LogP contribution in [0.25, 0.3) is 0 Å². The first-order chi connectivity index (χ1) is 9.33. The van der Waals surface area contributed by atoms with Gasteiger partial charge in [0.05, 0.1) is 7.11 Å². The number of benzene rings is 1. The van der Waals surface area contributed by atoms with E-state index in [4.69, 9.17) is 10.5 Å². The minimum atomic E-state index is -3.63. The van der Waals surface area contributed by atoms with Crippen LogP contribution in [-0.2, 0) is 10.0 Å². The van der Waals surface area contributed by atoms with Crippen LogP contribution in [-0.4, -0.2) is 21.1 Å². The second-order valence-electron chi connectivity index (χ2n) is 5.45. The fraction of sp³-hybridized carbons (Fsp3) is 0.571. The minimum Gasteiger partial charge on any atom is -0.495 e. The van der Waals surface area contributed by atoms with Crippen molar-refractivity contribution in [3.63, 3.8) is 0 Å². The van der Waals surface area contributed by atoms with E-state index in [-0.39, 0.29) is 10.4 Å². The Morgan fingerprint density at radius 2 is 2.05 bits per heavy atom. The van der Waals surface area contributed by atoms with Crippen LogP contribution >= 0.6 is 0 Å². The van der Waals surface area contributed by atoms with E-state index in [0.29, 0.717) is 11.4 Å². The van der Waals surface area contributed by atoms with Crippen molar-refractivity contribution in [2.45, 2.75) is 50.0 Å². The zero-order chi connectivity index (χ0) is 15.0. The summed E-state index contributed by atoms with van der Waals surface area (Å²) in [5.41, 5.74) is 6.78. The maximum atomic E-state index is 12.6. The first-order valence-electron chi connectivity index (χ1n) is 6.82. The summed E-state index contributed by atoms with van der Waals surface area (Å²) in [5, 5.41) is 0. The molecule has 1 fully saturated rings. The standard InChI is InChI=1S/C14H22N2O3S/c1-4-14(6-5-7-14)16-20(17,18)13-9-11(15)10(2)8-12(13)19-3/h8-9,16H,4-7,15H2,1-3H3. The van der Waals surface area contributed by atoms with Crippen molar-refractivity contribution in [3.8, 4) is 5.75 Å². The van der Waals surface area contributed by atoms with Gasteiger partial charge in [0.1, 0.15) is 10.6 Å². The van der Waals surface area contributed by atoms with Gasteiger partial charge >= 0.3 is 0 Å². The molecule has 0 unspecified atom stereocenters. The lowest BCUT2D eigenvalue weighted by molar-refractivity contribution is 0.213. The number of nitrogen functional groups attached to an aromatic ring is 1. The van der Waals surface area contributed by atoms with Crippen LogP contribution in [0.3, 0.4) is 0 Å². The molecule has 0 amide bonds. The molecule has 0 saturated heterocycles. The Balaban J connectivity index is 2.41. The predicted octanol–water partition coefficient (Wildman–Crippen LogP) is 2.20. The fourth-order valence-electron chi connectivity index (χ4n) is 2.52. The number of methoxy groups -OCH3 is 1.